The molecule has 2 rings (SSSR count). The van der Waals surface area contributed by atoms with Crippen LogP contribution in [0.4, 0.5) is 20.3 Å². The molecule has 0 N–H and O–H groups in total. The number of nitrogens with zero attached hydrogens (tertiary/aromatic N) is 4. The lowest BCUT2D eigenvalue weighted by Crippen LogP contribution is -2.40. The lowest BCUT2D eigenvalue weighted by Gasteiger charge is -2.28. The smallest absolute Gasteiger partial charge is 0.329 e. The van der Waals surface area contributed by atoms with Crippen LogP contribution < -0.4 is 4.90 Å². The molecule has 1 heterocycles. The predicted octanol–water partition coefficient (Wildman–Crippen LogP) is 2.21. The van der Waals surface area contributed by atoms with E-state index in [1.807, 2.05) is 0 Å². The molecule has 1 aliphatic rings. The first-order valence-electron chi connectivity index (χ1n) is 6.62. The number of rotatable bonds is 5. The number of aromatic nitrogens is 2. The van der Waals surface area contributed by atoms with Gasteiger partial charge in [-0.15, -0.1) is 0 Å². The Morgan fingerprint density at radius 2 is 2.35 bits per heavy atom. The highest BCUT2D eigenvalue weighted by molar-refractivity contribution is 6.28. The van der Waals surface area contributed by atoms with Gasteiger partial charge in [-0.05, 0) is 18.0 Å². The van der Waals surface area contributed by atoms with Crippen LogP contribution in [-0.2, 0) is 9.53 Å². The number of carbonyl (C=O) groups is 1. The Labute approximate surface area is 134 Å². The summed E-state index contributed by atoms with van der Waals surface area (Å²) < 4.78 is 31.5. The van der Waals surface area contributed by atoms with E-state index in [4.69, 9.17) is 11.6 Å². The van der Waals surface area contributed by atoms with Gasteiger partial charge in [-0.3, -0.25) is 14.9 Å². The van der Waals surface area contributed by atoms with E-state index in [0.717, 1.165) is 18.2 Å². The first-order valence-corrected chi connectivity index (χ1v) is 6.99. The predicted molar refractivity (Wildman–Crippen MR) is 75.6 cm³/mol. The fourth-order valence-electron chi connectivity index (χ4n) is 2.46. The van der Waals surface area contributed by atoms with Crippen LogP contribution in [0.2, 0.25) is 5.28 Å². The molecule has 1 aromatic rings. The number of hydrogen-bond donors (Lipinski definition) is 0. The Bertz CT molecular complexity index is 631. The summed E-state index contributed by atoms with van der Waals surface area (Å²) in [6.45, 7) is -0.453. The minimum Gasteiger partial charge on any atom is -0.468 e. The molecular formula is C12H13ClF2N4O4. The van der Waals surface area contributed by atoms with Crippen molar-refractivity contribution < 1.29 is 23.2 Å². The summed E-state index contributed by atoms with van der Waals surface area (Å²) >= 11 is 5.66. The molecule has 0 saturated heterocycles. The van der Waals surface area contributed by atoms with Crippen LogP contribution in [0, 0.1) is 10.1 Å². The summed E-state index contributed by atoms with van der Waals surface area (Å²) in [5.74, 6) is -3.91. The number of halogens is 3. The van der Waals surface area contributed by atoms with Crippen molar-refractivity contribution in [1.82, 2.24) is 9.97 Å². The quantitative estimate of drug-likeness (QED) is 0.347. The van der Waals surface area contributed by atoms with E-state index in [1.54, 1.807) is 0 Å². The standard InChI is InChI=1S/C12H13ClF2N4O4/c1-23-9(20)6-18(7-2-3-12(14,15)4-7)10-8(19(21)22)5-16-11(13)17-10/h5,7H,2-4,6H2,1H3/t7-/m1/s1. The van der Waals surface area contributed by atoms with Crippen LogP contribution in [-0.4, -0.2) is 46.5 Å². The number of esters is 1. The van der Waals surface area contributed by atoms with Crippen molar-refractivity contribution in [2.45, 2.75) is 31.2 Å². The van der Waals surface area contributed by atoms with Crippen molar-refractivity contribution in [2.75, 3.05) is 18.6 Å². The van der Waals surface area contributed by atoms with Crippen LogP contribution >= 0.6 is 11.6 Å². The van der Waals surface area contributed by atoms with Gasteiger partial charge < -0.3 is 9.64 Å². The number of anilines is 1. The van der Waals surface area contributed by atoms with Crippen LogP contribution in [0.3, 0.4) is 0 Å². The molecular weight excluding hydrogens is 338 g/mol. The average Bonchev–Trinajstić information content (AvgIpc) is 2.83. The molecule has 1 fully saturated rings. The zero-order valence-electron chi connectivity index (χ0n) is 12.0. The Morgan fingerprint density at radius 1 is 1.65 bits per heavy atom. The van der Waals surface area contributed by atoms with Gasteiger partial charge in [0.2, 0.25) is 17.0 Å². The largest absolute Gasteiger partial charge is 0.468 e. The first-order chi connectivity index (χ1) is 10.7. The highest BCUT2D eigenvalue weighted by atomic mass is 35.5. The molecule has 0 radical (unpaired) electrons. The van der Waals surface area contributed by atoms with Crippen molar-refractivity contribution in [1.29, 1.82) is 0 Å². The van der Waals surface area contributed by atoms with Crippen molar-refractivity contribution in [3.8, 4) is 0 Å². The summed E-state index contributed by atoms with van der Waals surface area (Å²) in [5, 5.41) is 10.8. The maximum absolute atomic E-state index is 13.5. The Morgan fingerprint density at radius 3 is 2.87 bits per heavy atom. The van der Waals surface area contributed by atoms with E-state index in [9.17, 15) is 23.7 Å². The third kappa shape index (κ3) is 4.01. The Hall–Kier alpha value is -2.10. The topological polar surface area (TPSA) is 98.5 Å². The first kappa shape index (κ1) is 17.3. The average molecular weight is 351 g/mol. The monoisotopic (exact) mass is 350 g/mol. The van der Waals surface area contributed by atoms with Gasteiger partial charge in [-0.25, -0.2) is 13.8 Å². The molecule has 0 amide bonds. The fraction of sp³-hybridized carbons (Fsp3) is 0.583. The van der Waals surface area contributed by atoms with Crippen LogP contribution in [0.5, 0.6) is 0 Å². The maximum Gasteiger partial charge on any atom is 0.329 e. The molecule has 0 bridgehead atoms. The van der Waals surface area contributed by atoms with E-state index < -0.39 is 41.5 Å². The summed E-state index contributed by atoms with van der Waals surface area (Å²) in [5.41, 5.74) is -0.520. The van der Waals surface area contributed by atoms with Crippen molar-refractivity contribution in [3.63, 3.8) is 0 Å². The maximum atomic E-state index is 13.5. The molecule has 1 atom stereocenters. The molecule has 0 spiro atoms. The van der Waals surface area contributed by atoms with Gasteiger partial charge in [0.15, 0.2) is 0 Å². The van der Waals surface area contributed by atoms with Crippen LogP contribution in [0.1, 0.15) is 19.3 Å². The second kappa shape index (κ2) is 6.57. The van der Waals surface area contributed by atoms with Gasteiger partial charge in [-0.2, -0.15) is 4.98 Å². The van der Waals surface area contributed by atoms with Gasteiger partial charge in [0.05, 0.1) is 12.0 Å². The zero-order valence-corrected chi connectivity index (χ0v) is 12.8. The minimum absolute atomic E-state index is 0.0583. The number of alkyl halides is 2. The second-order valence-corrected chi connectivity index (χ2v) is 5.40. The van der Waals surface area contributed by atoms with Crippen LogP contribution in [0.25, 0.3) is 0 Å². The highest BCUT2D eigenvalue weighted by Gasteiger charge is 2.44. The van der Waals surface area contributed by atoms with Crippen molar-refractivity contribution in [3.05, 3.63) is 21.6 Å². The van der Waals surface area contributed by atoms with Gasteiger partial charge in [0, 0.05) is 18.9 Å². The van der Waals surface area contributed by atoms with Crippen molar-refractivity contribution >= 4 is 29.1 Å². The number of carbonyl (C=O) groups excluding carboxylic acids is 1. The number of ether oxygens (including phenoxy) is 1. The Balaban J connectivity index is 2.43. The molecule has 0 aromatic carbocycles. The van der Waals surface area contributed by atoms with Gasteiger partial charge in [0.1, 0.15) is 12.7 Å². The lowest BCUT2D eigenvalue weighted by molar-refractivity contribution is -0.384. The van der Waals surface area contributed by atoms with Gasteiger partial charge in [-0.1, -0.05) is 0 Å². The van der Waals surface area contributed by atoms with E-state index in [2.05, 4.69) is 14.7 Å². The SMILES string of the molecule is COC(=O)CN(c1nc(Cl)ncc1[N+](=O)[O-])[C@@H]1CCC(F)(F)C1. The van der Waals surface area contributed by atoms with Crippen molar-refractivity contribution in [2.24, 2.45) is 0 Å². The third-order valence-corrected chi connectivity index (χ3v) is 3.72. The van der Waals surface area contributed by atoms with Gasteiger partial charge >= 0.3 is 11.7 Å². The number of hydrogen-bond acceptors (Lipinski definition) is 7. The third-order valence-electron chi connectivity index (χ3n) is 3.53. The number of methoxy groups -OCH3 is 1. The molecule has 0 unspecified atom stereocenters. The molecule has 8 nitrogen and oxygen atoms in total. The zero-order chi connectivity index (χ0) is 17.2. The van der Waals surface area contributed by atoms with E-state index in [-0.39, 0.29) is 23.9 Å². The lowest BCUT2D eigenvalue weighted by atomic mass is 10.2. The van der Waals surface area contributed by atoms with E-state index >= 15 is 0 Å². The molecule has 23 heavy (non-hydrogen) atoms. The molecule has 11 heteroatoms. The molecule has 1 saturated carbocycles. The van der Waals surface area contributed by atoms with Gasteiger partial charge in [0.25, 0.3) is 0 Å². The van der Waals surface area contributed by atoms with E-state index in [0.29, 0.717) is 0 Å². The Kier molecular flexibility index (Phi) is 4.93. The second-order valence-electron chi connectivity index (χ2n) is 5.06. The highest BCUT2D eigenvalue weighted by Crippen LogP contribution is 2.40. The molecule has 0 aliphatic heterocycles. The minimum atomic E-state index is -2.90. The normalized spacial score (nSPS) is 19.4. The van der Waals surface area contributed by atoms with E-state index in [1.165, 1.54) is 0 Å². The summed E-state index contributed by atoms with van der Waals surface area (Å²) in [7, 11) is 1.13. The summed E-state index contributed by atoms with van der Waals surface area (Å²) in [6, 6.07) is -0.797. The molecule has 1 aromatic heterocycles. The number of nitro groups is 1. The fourth-order valence-corrected chi connectivity index (χ4v) is 2.59. The molecule has 1 aliphatic carbocycles. The summed E-state index contributed by atoms with van der Waals surface area (Å²) in [6.07, 6.45) is 0.0233. The molecule has 126 valence electrons. The van der Waals surface area contributed by atoms with Crippen LogP contribution in [0.15, 0.2) is 6.20 Å². The summed E-state index contributed by atoms with van der Waals surface area (Å²) in [4.78, 5) is 30.4.